The molecular weight excluding hydrogens is 240 g/mol. The molecule has 1 saturated heterocycles. The molecule has 4 nitrogen and oxygen atoms in total. The van der Waals surface area contributed by atoms with Gasteiger partial charge in [-0.05, 0) is 18.9 Å². The Labute approximate surface area is 114 Å². The van der Waals surface area contributed by atoms with Crippen molar-refractivity contribution in [2.24, 2.45) is 5.92 Å². The lowest BCUT2D eigenvalue weighted by molar-refractivity contribution is -0.134. The zero-order valence-electron chi connectivity index (χ0n) is 11.7. The van der Waals surface area contributed by atoms with Crippen LogP contribution in [-0.2, 0) is 4.79 Å². The summed E-state index contributed by atoms with van der Waals surface area (Å²) in [5, 5.41) is 0. The fourth-order valence-corrected chi connectivity index (χ4v) is 2.51. The minimum absolute atomic E-state index is 0.0770. The van der Waals surface area contributed by atoms with Crippen LogP contribution in [0.25, 0.3) is 0 Å². The van der Waals surface area contributed by atoms with Crippen molar-refractivity contribution in [3.63, 3.8) is 0 Å². The Hall–Kier alpha value is -1.58. The molecule has 0 N–H and O–H groups in total. The third-order valence-electron chi connectivity index (χ3n) is 3.72. The summed E-state index contributed by atoms with van der Waals surface area (Å²) >= 11 is 0. The molecule has 0 aliphatic carbocycles. The molecule has 0 aromatic carbocycles. The number of pyridine rings is 1. The lowest BCUT2D eigenvalue weighted by Crippen LogP contribution is -2.35. The largest absolute Gasteiger partial charge is 0.472 e. The zero-order chi connectivity index (χ0) is 13.7. The van der Waals surface area contributed by atoms with E-state index in [1.54, 1.807) is 6.20 Å². The van der Waals surface area contributed by atoms with E-state index in [9.17, 15) is 4.79 Å². The van der Waals surface area contributed by atoms with Crippen molar-refractivity contribution in [3.05, 3.63) is 24.4 Å². The van der Waals surface area contributed by atoms with Crippen LogP contribution in [0.3, 0.4) is 0 Å². The maximum atomic E-state index is 12.3. The van der Waals surface area contributed by atoms with E-state index in [4.69, 9.17) is 4.74 Å². The van der Waals surface area contributed by atoms with Gasteiger partial charge in [0.15, 0.2) is 0 Å². The van der Waals surface area contributed by atoms with Crippen molar-refractivity contribution in [1.82, 2.24) is 9.88 Å². The number of carbonyl (C=O) groups is 1. The lowest BCUT2D eigenvalue weighted by atomic mass is 10.0. The van der Waals surface area contributed by atoms with Gasteiger partial charge in [0, 0.05) is 31.1 Å². The second-order valence-electron chi connectivity index (χ2n) is 4.99. The first kappa shape index (κ1) is 13.8. The third kappa shape index (κ3) is 3.46. The maximum absolute atomic E-state index is 12.3. The fourth-order valence-electron chi connectivity index (χ4n) is 2.51. The quantitative estimate of drug-likeness (QED) is 0.818. The molecule has 0 spiro atoms. The molecule has 4 heteroatoms. The predicted octanol–water partition coefficient (Wildman–Crippen LogP) is 2.50. The monoisotopic (exact) mass is 262 g/mol. The van der Waals surface area contributed by atoms with Gasteiger partial charge in [-0.3, -0.25) is 4.79 Å². The van der Waals surface area contributed by atoms with Gasteiger partial charge in [0.25, 0.3) is 0 Å². The van der Waals surface area contributed by atoms with Crippen LogP contribution in [0.2, 0.25) is 0 Å². The standard InChI is InChI=1S/C15H22N2O2/c1-3-12(4-2)15(18)17-10-8-13(11-17)19-14-7-5-6-9-16-14/h5-7,9,12-13H,3-4,8,10-11H2,1-2H3. The topological polar surface area (TPSA) is 42.4 Å². The molecule has 104 valence electrons. The Bertz CT molecular complexity index is 404. The Morgan fingerprint density at radius 3 is 2.89 bits per heavy atom. The van der Waals surface area contributed by atoms with Crippen molar-refractivity contribution in [3.8, 4) is 5.88 Å². The third-order valence-corrected chi connectivity index (χ3v) is 3.72. The summed E-state index contributed by atoms with van der Waals surface area (Å²) in [4.78, 5) is 18.4. The number of carbonyl (C=O) groups excluding carboxylic acids is 1. The summed E-state index contributed by atoms with van der Waals surface area (Å²) in [6, 6.07) is 5.63. The highest BCUT2D eigenvalue weighted by atomic mass is 16.5. The number of ether oxygens (including phenoxy) is 1. The van der Waals surface area contributed by atoms with Crippen LogP contribution < -0.4 is 4.74 Å². The minimum atomic E-state index is 0.0770. The summed E-state index contributed by atoms with van der Waals surface area (Å²) in [5.74, 6) is 1.08. The Morgan fingerprint density at radius 1 is 1.47 bits per heavy atom. The van der Waals surface area contributed by atoms with Gasteiger partial charge in [0.1, 0.15) is 6.10 Å². The van der Waals surface area contributed by atoms with Crippen LogP contribution in [-0.4, -0.2) is 35.0 Å². The van der Waals surface area contributed by atoms with Crippen molar-refractivity contribution in [2.45, 2.75) is 39.2 Å². The van der Waals surface area contributed by atoms with Crippen molar-refractivity contribution < 1.29 is 9.53 Å². The number of amides is 1. The molecule has 1 amide bonds. The van der Waals surface area contributed by atoms with Crippen molar-refractivity contribution >= 4 is 5.91 Å². The summed E-state index contributed by atoms with van der Waals surface area (Å²) in [6.07, 6.45) is 4.52. The molecule has 0 bridgehead atoms. The van der Waals surface area contributed by atoms with Crippen molar-refractivity contribution in [1.29, 1.82) is 0 Å². The number of rotatable bonds is 5. The summed E-state index contributed by atoms with van der Waals surface area (Å²) in [7, 11) is 0. The first-order chi connectivity index (χ1) is 9.24. The van der Waals surface area contributed by atoms with Gasteiger partial charge in [-0.2, -0.15) is 0 Å². The average Bonchev–Trinajstić information content (AvgIpc) is 2.89. The van der Waals surface area contributed by atoms with E-state index in [0.717, 1.165) is 25.8 Å². The normalized spacial score (nSPS) is 18.9. The lowest BCUT2D eigenvalue weighted by Gasteiger charge is -2.21. The molecule has 2 heterocycles. The highest BCUT2D eigenvalue weighted by Crippen LogP contribution is 2.20. The van der Waals surface area contributed by atoms with Gasteiger partial charge in [-0.15, -0.1) is 0 Å². The van der Waals surface area contributed by atoms with Crippen LogP contribution in [0.15, 0.2) is 24.4 Å². The fraction of sp³-hybridized carbons (Fsp3) is 0.600. The maximum Gasteiger partial charge on any atom is 0.225 e. The molecule has 1 fully saturated rings. The van der Waals surface area contributed by atoms with E-state index >= 15 is 0 Å². The van der Waals surface area contributed by atoms with E-state index in [2.05, 4.69) is 18.8 Å². The highest BCUT2D eigenvalue weighted by molar-refractivity contribution is 5.79. The van der Waals surface area contributed by atoms with Crippen LogP contribution in [0.4, 0.5) is 0 Å². The Morgan fingerprint density at radius 2 is 2.26 bits per heavy atom. The number of hydrogen-bond donors (Lipinski definition) is 0. The van der Waals surface area contributed by atoms with Gasteiger partial charge in [0.05, 0.1) is 6.54 Å². The zero-order valence-corrected chi connectivity index (χ0v) is 11.7. The number of hydrogen-bond acceptors (Lipinski definition) is 3. The van der Waals surface area contributed by atoms with E-state index in [1.807, 2.05) is 23.1 Å². The van der Waals surface area contributed by atoms with E-state index in [-0.39, 0.29) is 17.9 Å². The molecule has 0 radical (unpaired) electrons. The van der Waals surface area contributed by atoms with E-state index < -0.39 is 0 Å². The number of nitrogens with zero attached hydrogens (tertiary/aromatic N) is 2. The predicted molar refractivity (Wildman–Crippen MR) is 73.9 cm³/mol. The van der Waals surface area contributed by atoms with Gasteiger partial charge < -0.3 is 9.64 Å². The molecule has 0 saturated carbocycles. The van der Waals surface area contributed by atoms with Gasteiger partial charge in [0.2, 0.25) is 11.8 Å². The molecule has 1 atom stereocenters. The first-order valence-corrected chi connectivity index (χ1v) is 7.11. The Balaban J connectivity index is 1.88. The molecule has 1 unspecified atom stereocenters. The second kappa shape index (κ2) is 6.55. The highest BCUT2D eigenvalue weighted by Gasteiger charge is 2.30. The molecule has 19 heavy (non-hydrogen) atoms. The summed E-state index contributed by atoms with van der Waals surface area (Å²) < 4.78 is 5.80. The molecule has 1 aromatic rings. The van der Waals surface area contributed by atoms with Gasteiger partial charge >= 0.3 is 0 Å². The van der Waals surface area contributed by atoms with E-state index in [1.165, 1.54) is 0 Å². The summed E-state index contributed by atoms with van der Waals surface area (Å²) in [5.41, 5.74) is 0. The number of aromatic nitrogens is 1. The van der Waals surface area contributed by atoms with Crippen LogP contribution in [0.5, 0.6) is 5.88 Å². The first-order valence-electron chi connectivity index (χ1n) is 7.11. The van der Waals surface area contributed by atoms with Gasteiger partial charge in [-0.25, -0.2) is 4.98 Å². The van der Waals surface area contributed by atoms with Gasteiger partial charge in [-0.1, -0.05) is 19.9 Å². The molecule has 1 aromatic heterocycles. The van der Waals surface area contributed by atoms with Crippen LogP contribution in [0, 0.1) is 5.92 Å². The molecule has 2 rings (SSSR count). The molecule has 1 aliphatic rings. The summed E-state index contributed by atoms with van der Waals surface area (Å²) in [6.45, 7) is 5.63. The molecular formula is C15H22N2O2. The van der Waals surface area contributed by atoms with Crippen molar-refractivity contribution in [2.75, 3.05) is 13.1 Å². The van der Waals surface area contributed by atoms with E-state index in [0.29, 0.717) is 12.4 Å². The van der Waals surface area contributed by atoms with Crippen LogP contribution in [0.1, 0.15) is 33.1 Å². The smallest absolute Gasteiger partial charge is 0.225 e. The molecule has 1 aliphatic heterocycles. The Kier molecular flexibility index (Phi) is 4.77. The van der Waals surface area contributed by atoms with Crippen LogP contribution >= 0.6 is 0 Å². The minimum Gasteiger partial charge on any atom is -0.472 e. The SMILES string of the molecule is CCC(CC)C(=O)N1CCC(Oc2ccccn2)C1. The number of likely N-dealkylation sites (tertiary alicyclic amines) is 1. The second-order valence-corrected chi connectivity index (χ2v) is 4.99. The average molecular weight is 262 g/mol.